The average molecular weight is 354 g/mol. The van der Waals surface area contributed by atoms with Crippen molar-refractivity contribution in [3.05, 3.63) is 41.1 Å². The number of hydrogen-bond donors (Lipinski definition) is 4. The van der Waals surface area contributed by atoms with E-state index in [2.05, 4.69) is 10.0 Å². The molecule has 12 heteroatoms. The lowest BCUT2D eigenvalue weighted by atomic mass is 10.3. The van der Waals surface area contributed by atoms with Crippen LogP contribution in [0.15, 0.2) is 30.2 Å². The Balaban J connectivity index is 1.96. The number of nitrogens with zero attached hydrogens (tertiary/aromatic N) is 2. The Labute approximate surface area is 130 Å². The largest absolute Gasteiger partial charge is 0.365 e. The van der Waals surface area contributed by atoms with Crippen molar-refractivity contribution in [3.8, 4) is 0 Å². The van der Waals surface area contributed by atoms with Gasteiger partial charge < -0.3 is 5.32 Å². The fourth-order valence-electron chi connectivity index (χ4n) is 1.55. The number of anilines is 1. The smallest absolute Gasteiger partial charge is 0.274 e. The van der Waals surface area contributed by atoms with E-state index in [1.54, 1.807) is 0 Å². The zero-order valence-corrected chi connectivity index (χ0v) is 12.6. The molecule has 0 unspecified atom stereocenters. The van der Waals surface area contributed by atoms with Crippen molar-refractivity contribution in [1.82, 2.24) is 15.3 Å². The third-order valence-electron chi connectivity index (χ3n) is 2.50. The monoisotopic (exact) mass is 353 g/mol. The predicted molar refractivity (Wildman–Crippen MR) is 75.8 cm³/mol. The van der Waals surface area contributed by atoms with Crippen LogP contribution in [-0.2, 0) is 15.1 Å². The molecule has 22 heavy (non-hydrogen) atoms. The maximum absolute atomic E-state index is 13.1. The summed E-state index contributed by atoms with van der Waals surface area (Å²) >= 11 is 5.66. The molecule has 0 aliphatic carbocycles. The van der Waals surface area contributed by atoms with E-state index in [1.807, 2.05) is 0 Å². The van der Waals surface area contributed by atoms with Crippen molar-refractivity contribution in [3.63, 3.8) is 0 Å². The molecule has 5 N–H and O–H groups in total. The quantitative estimate of drug-likeness (QED) is 0.532. The minimum Gasteiger partial charge on any atom is -0.365 e. The van der Waals surface area contributed by atoms with Crippen LogP contribution in [0.4, 0.5) is 10.1 Å². The number of nitrogens with one attached hydrogen (secondary N) is 2. The molecule has 0 saturated heterocycles. The summed E-state index contributed by atoms with van der Waals surface area (Å²) in [5, 5.41) is 18.5. The molecule has 0 fully saturated rings. The van der Waals surface area contributed by atoms with Crippen molar-refractivity contribution in [1.29, 1.82) is 0 Å². The molecule has 1 aromatic carbocycles. The second-order valence-electron chi connectivity index (χ2n) is 4.16. The lowest BCUT2D eigenvalue weighted by molar-refractivity contribution is -0.306. The van der Waals surface area contributed by atoms with E-state index in [0.717, 1.165) is 11.1 Å². The summed E-state index contributed by atoms with van der Waals surface area (Å²) in [6.45, 7) is 0.146. The van der Waals surface area contributed by atoms with Gasteiger partial charge in [-0.3, -0.25) is 5.21 Å². The zero-order chi connectivity index (χ0) is 16.3. The van der Waals surface area contributed by atoms with E-state index in [1.165, 1.54) is 18.3 Å². The number of nitrogens with two attached hydrogens (primary N) is 1. The minimum atomic E-state index is -3.77. The Bertz CT molecular complexity index is 686. The van der Waals surface area contributed by atoms with Gasteiger partial charge in [-0.15, -0.1) is 4.94 Å². The van der Waals surface area contributed by atoms with E-state index in [-0.39, 0.29) is 23.9 Å². The highest BCUT2D eigenvalue weighted by molar-refractivity contribution is 7.87. The lowest BCUT2D eigenvalue weighted by Crippen LogP contribution is -2.37. The summed E-state index contributed by atoms with van der Waals surface area (Å²) in [4.78, 5) is 4.98. The van der Waals surface area contributed by atoms with Crippen LogP contribution < -0.4 is 20.2 Å². The van der Waals surface area contributed by atoms with Gasteiger partial charge in [-0.25, -0.2) is 14.3 Å². The van der Waals surface area contributed by atoms with Gasteiger partial charge in [0.1, 0.15) is 5.82 Å². The first-order valence-corrected chi connectivity index (χ1v) is 7.83. The van der Waals surface area contributed by atoms with Crippen LogP contribution in [0.2, 0.25) is 5.02 Å². The second kappa shape index (κ2) is 6.64. The summed E-state index contributed by atoms with van der Waals surface area (Å²) in [6, 6.07) is 3.86. The zero-order valence-electron chi connectivity index (χ0n) is 11.0. The highest BCUT2D eigenvalue weighted by atomic mass is 35.5. The van der Waals surface area contributed by atoms with Crippen LogP contribution in [0, 0.1) is 5.82 Å². The molecule has 1 aliphatic heterocycles. The van der Waals surface area contributed by atoms with Crippen molar-refractivity contribution in [2.45, 2.75) is 0 Å². The maximum atomic E-state index is 13.1. The molecule has 0 atom stereocenters. The number of benzene rings is 1. The van der Waals surface area contributed by atoms with Crippen LogP contribution in [-0.4, -0.2) is 31.9 Å². The van der Waals surface area contributed by atoms with Gasteiger partial charge in [0.2, 0.25) is 0 Å². The van der Waals surface area contributed by atoms with Crippen molar-refractivity contribution in [2.24, 2.45) is 5.14 Å². The number of hydroxylamine groups is 3. The minimum absolute atomic E-state index is 0.00634. The molecule has 0 radical (unpaired) electrons. The second-order valence-corrected chi connectivity index (χ2v) is 5.95. The van der Waals surface area contributed by atoms with Crippen molar-refractivity contribution < 1.29 is 23.0 Å². The first-order chi connectivity index (χ1) is 10.3. The fraction of sp³-hybridized carbons (Fsp3) is 0.200. The lowest BCUT2D eigenvalue weighted by Gasteiger charge is -2.16. The molecule has 0 aromatic heterocycles. The number of hydrogen-bond acceptors (Lipinski definition) is 7. The molecule has 0 spiro atoms. The Morgan fingerprint density at radius 1 is 1.41 bits per heavy atom. The summed E-state index contributed by atoms with van der Waals surface area (Å²) < 4.78 is 36.5. The van der Waals surface area contributed by atoms with Crippen LogP contribution in [0.3, 0.4) is 0 Å². The molecule has 1 aliphatic rings. The Hall–Kier alpha value is -1.63. The van der Waals surface area contributed by atoms with E-state index in [4.69, 9.17) is 21.7 Å². The van der Waals surface area contributed by atoms with Gasteiger partial charge in [-0.05, 0) is 18.2 Å². The van der Waals surface area contributed by atoms with E-state index < -0.39 is 16.0 Å². The maximum Gasteiger partial charge on any atom is 0.274 e. The van der Waals surface area contributed by atoms with Crippen LogP contribution in [0.1, 0.15) is 0 Å². The number of halogens is 2. The van der Waals surface area contributed by atoms with Gasteiger partial charge in [0.15, 0.2) is 5.82 Å². The van der Waals surface area contributed by atoms with E-state index in [9.17, 15) is 18.0 Å². The molecular formula is C10H13ClFN5O4S. The Morgan fingerprint density at radius 3 is 2.77 bits per heavy atom. The highest BCUT2D eigenvalue weighted by Gasteiger charge is 2.23. The van der Waals surface area contributed by atoms with Gasteiger partial charge in [0.05, 0.1) is 16.9 Å². The van der Waals surface area contributed by atoms with E-state index >= 15 is 0 Å². The average Bonchev–Trinajstić information content (AvgIpc) is 2.78. The molecule has 0 amide bonds. The molecule has 1 heterocycles. The molecule has 9 nitrogen and oxygen atoms in total. The molecule has 122 valence electrons. The first kappa shape index (κ1) is 16.7. The van der Waals surface area contributed by atoms with Crippen LogP contribution in [0.5, 0.6) is 0 Å². The van der Waals surface area contributed by atoms with E-state index in [0.29, 0.717) is 10.9 Å². The Morgan fingerprint density at radius 2 is 2.14 bits per heavy atom. The van der Waals surface area contributed by atoms with Gasteiger partial charge >= 0.3 is 0 Å². The summed E-state index contributed by atoms with van der Waals surface area (Å²) in [5.74, 6) is -0.446. The molecule has 1 aromatic rings. The highest BCUT2D eigenvalue weighted by Crippen LogP contribution is 2.26. The SMILES string of the molecule is NS(=O)(=O)NCCNC1=CN(c2ccc(F)c(Cl)c2)ON1O. The topological polar surface area (TPSA) is 120 Å². The fourth-order valence-corrected chi connectivity index (χ4v) is 2.11. The van der Waals surface area contributed by atoms with Crippen molar-refractivity contribution >= 4 is 27.5 Å². The first-order valence-electron chi connectivity index (χ1n) is 5.91. The number of rotatable bonds is 6. The summed E-state index contributed by atoms with van der Waals surface area (Å²) in [5.41, 5.74) is 0.380. The Kier molecular flexibility index (Phi) is 5.05. The molecule has 2 rings (SSSR count). The van der Waals surface area contributed by atoms with Crippen molar-refractivity contribution in [2.75, 3.05) is 18.2 Å². The standard InChI is InChI=1S/C10H13ClFN5O4S/c11-8-5-7(1-2-9(8)12)16-6-10(17(18)21-16)14-3-4-15-22(13,19)20/h1-2,5-6,14-15,18H,3-4H2,(H2,13,19,20). The molecular weight excluding hydrogens is 341 g/mol. The normalized spacial score (nSPS) is 15.2. The third-order valence-corrected chi connectivity index (χ3v) is 3.40. The van der Waals surface area contributed by atoms with Gasteiger partial charge in [0.25, 0.3) is 10.2 Å². The van der Waals surface area contributed by atoms with Gasteiger partial charge in [-0.2, -0.15) is 13.5 Å². The van der Waals surface area contributed by atoms with Gasteiger partial charge in [-0.1, -0.05) is 16.8 Å². The molecule has 0 bridgehead atoms. The molecule has 0 saturated carbocycles. The predicted octanol–water partition coefficient (Wildman–Crippen LogP) is 0.0185. The summed E-state index contributed by atoms with van der Waals surface area (Å²) in [7, 11) is -3.77. The van der Waals surface area contributed by atoms with Gasteiger partial charge in [0, 0.05) is 13.1 Å². The summed E-state index contributed by atoms with van der Waals surface area (Å²) in [6.07, 6.45) is 1.36. The van der Waals surface area contributed by atoms with Crippen LogP contribution in [0.25, 0.3) is 0 Å². The van der Waals surface area contributed by atoms with Crippen LogP contribution >= 0.6 is 11.6 Å². The third kappa shape index (κ3) is 4.43.